The van der Waals surface area contributed by atoms with Gasteiger partial charge in [-0.25, -0.2) is 4.98 Å². The van der Waals surface area contributed by atoms with E-state index in [1.807, 2.05) is 31.2 Å². The molecule has 5 nitrogen and oxygen atoms in total. The van der Waals surface area contributed by atoms with Gasteiger partial charge in [-0.05, 0) is 25.5 Å². The van der Waals surface area contributed by atoms with Gasteiger partial charge in [-0.15, -0.1) is 11.8 Å². The normalized spacial score (nSPS) is 10.6. The van der Waals surface area contributed by atoms with Crippen molar-refractivity contribution in [3.63, 3.8) is 0 Å². The molecule has 0 aliphatic carbocycles. The molecule has 0 spiro atoms. The van der Waals surface area contributed by atoms with Crippen LogP contribution in [0.1, 0.15) is 22.6 Å². The Morgan fingerprint density at radius 1 is 1.33 bits per heavy atom. The first-order chi connectivity index (χ1) is 9.97. The van der Waals surface area contributed by atoms with Crippen molar-refractivity contribution in [3.8, 4) is 0 Å². The van der Waals surface area contributed by atoms with Gasteiger partial charge >= 0.3 is 5.97 Å². The summed E-state index contributed by atoms with van der Waals surface area (Å²) < 4.78 is 0. The summed E-state index contributed by atoms with van der Waals surface area (Å²) in [5, 5.41) is 8.78. The monoisotopic (exact) mass is 304 g/mol. The van der Waals surface area contributed by atoms with E-state index in [1.54, 1.807) is 18.7 Å². The number of aromatic amines is 1. The molecule has 2 rings (SSSR count). The summed E-state index contributed by atoms with van der Waals surface area (Å²) in [5.74, 6) is 0.0567. The van der Waals surface area contributed by atoms with Crippen molar-refractivity contribution in [2.45, 2.75) is 30.9 Å². The van der Waals surface area contributed by atoms with Gasteiger partial charge in [-0.1, -0.05) is 18.2 Å². The molecule has 6 heteroatoms. The van der Waals surface area contributed by atoms with Gasteiger partial charge < -0.3 is 10.1 Å². The lowest BCUT2D eigenvalue weighted by molar-refractivity contribution is -0.136. The van der Waals surface area contributed by atoms with Crippen LogP contribution in [0.15, 0.2) is 34.0 Å². The van der Waals surface area contributed by atoms with Crippen LogP contribution in [-0.4, -0.2) is 21.0 Å². The fourth-order valence-corrected chi connectivity index (χ4v) is 2.86. The van der Waals surface area contributed by atoms with Gasteiger partial charge in [0.15, 0.2) is 0 Å². The largest absolute Gasteiger partial charge is 0.481 e. The van der Waals surface area contributed by atoms with E-state index in [-0.39, 0.29) is 17.5 Å². The van der Waals surface area contributed by atoms with E-state index in [1.165, 1.54) is 5.56 Å². The highest BCUT2D eigenvalue weighted by atomic mass is 32.2. The van der Waals surface area contributed by atoms with Crippen molar-refractivity contribution in [1.82, 2.24) is 9.97 Å². The molecule has 110 valence electrons. The second-order valence-electron chi connectivity index (χ2n) is 4.70. The first-order valence-corrected chi connectivity index (χ1v) is 7.45. The summed E-state index contributed by atoms with van der Waals surface area (Å²) in [7, 11) is 0. The minimum atomic E-state index is -1.03. The number of nitrogens with one attached hydrogen (secondary N) is 1. The molecule has 21 heavy (non-hydrogen) atoms. The molecular weight excluding hydrogens is 288 g/mol. The van der Waals surface area contributed by atoms with Crippen LogP contribution >= 0.6 is 11.8 Å². The molecule has 0 aliphatic rings. The summed E-state index contributed by atoms with van der Waals surface area (Å²) in [6, 6.07) is 7.99. The number of aliphatic carboxylic acids is 1. The molecule has 0 amide bonds. The topological polar surface area (TPSA) is 83.0 Å². The van der Waals surface area contributed by atoms with Crippen molar-refractivity contribution >= 4 is 17.7 Å². The lowest BCUT2D eigenvalue weighted by atomic mass is 10.2. The lowest BCUT2D eigenvalue weighted by Gasteiger charge is -2.07. The maximum Gasteiger partial charge on any atom is 0.308 e. The summed E-state index contributed by atoms with van der Waals surface area (Å²) in [4.78, 5) is 30.7. The number of rotatable bonds is 5. The number of hydrogen-bond acceptors (Lipinski definition) is 4. The molecule has 0 saturated heterocycles. The molecule has 0 atom stereocenters. The summed E-state index contributed by atoms with van der Waals surface area (Å²) in [6.07, 6.45) is -0.306. The third-order valence-corrected chi connectivity index (χ3v) is 4.24. The summed E-state index contributed by atoms with van der Waals surface area (Å²) in [5.41, 5.74) is 1.49. The number of benzene rings is 1. The Hall–Kier alpha value is -2.08. The Kier molecular flexibility index (Phi) is 4.80. The van der Waals surface area contributed by atoms with Crippen LogP contribution in [0.25, 0.3) is 0 Å². The molecule has 0 fully saturated rings. The van der Waals surface area contributed by atoms with Crippen LogP contribution in [0.4, 0.5) is 0 Å². The Labute approximate surface area is 126 Å². The molecule has 1 aromatic carbocycles. The molecule has 2 aromatic rings. The zero-order valence-corrected chi connectivity index (χ0v) is 12.7. The fourth-order valence-electron chi connectivity index (χ4n) is 1.96. The van der Waals surface area contributed by atoms with E-state index < -0.39 is 5.97 Å². The van der Waals surface area contributed by atoms with Crippen molar-refractivity contribution in [2.75, 3.05) is 0 Å². The minimum absolute atomic E-state index is 0.215. The standard InChI is InChI=1S/C15H16N2O3S/c1-9-5-3-4-6-12(9)21-8-13-16-10(2)11(7-14(18)19)15(20)17-13/h3-6H,7-8H2,1-2H3,(H,18,19)(H,16,17,20). The van der Waals surface area contributed by atoms with Crippen molar-refractivity contribution < 1.29 is 9.90 Å². The molecule has 1 aromatic heterocycles. The number of aryl methyl sites for hydroxylation is 2. The van der Waals surface area contributed by atoms with Gasteiger partial charge in [0, 0.05) is 16.2 Å². The second kappa shape index (κ2) is 6.58. The molecule has 0 bridgehead atoms. The van der Waals surface area contributed by atoms with Gasteiger partial charge in [0.25, 0.3) is 5.56 Å². The smallest absolute Gasteiger partial charge is 0.308 e. The highest BCUT2D eigenvalue weighted by Crippen LogP contribution is 2.24. The summed E-state index contributed by atoms with van der Waals surface area (Å²) >= 11 is 1.59. The third kappa shape index (κ3) is 3.95. The second-order valence-corrected chi connectivity index (χ2v) is 5.72. The number of carbonyl (C=O) groups is 1. The van der Waals surface area contributed by atoms with Crippen LogP contribution in [0, 0.1) is 13.8 Å². The van der Waals surface area contributed by atoms with Gasteiger partial charge in [-0.2, -0.15) is 0 Å². The Morgan fingerprint density at radius 2 is 2.05 bits per heavy atom. The highest BCUT2D eigenvalue weighted by molar-refractivity contribution is 7.98. The highest BCUT2D eigenvalue weighted by Gasteiger charge is 2.12. The molecular formula is C15H16N2O3S. The third-order valence-electron chi connectivity index (χ3n) is 3.06. The number of thioether (sulfide) groups is 1. The van der Waals surface area contributed by atoms with Gasteiger partial charge in [0.05, 0.1) is 12.2 Å². The predicted octanol–water partition coefficient (Wildman–Crippen LogP) is 2.31. The first-order valence-electron chi connectivity index (χ1n) is 6.46. The van der Waals surface area contributed by atoms with E-state index in [4.69, 9.17) is 5.11 Å². The number of hydrogen-bond donors (Lipinski definition) is 2. The molecule has 2 N–H and O–H groups in total. The molecule has 0 aliphatic heterocycles. The van der Waals surface area contributed by atoms with E-state index >= 15 is 0 Å². The quantitative estimate of drug-likeness (QED) is 0.828. The summed E-state index contributed by atoms with van der Waals surface area (Å²) in [6.45, 7) is 3.69. The van der Waals surface area contributed by atoms with E-state index in [2.05, 4.69) is 9.97 Å². The average molecular weight is 304 g/mol. The van der Waals surface area contributed by atoms with Crippen molar-refractivity contribution in [3.05, 3.63) is 57.3 Å². The van der Waals surface area contributed by atoms with E-state index in [0.717, 1.165) is 4.90 Å². The van der Waals surface area contributed by atoms with E-state index in [9.17, 15) is 9.59 Å². The van der Waals surface area contributed by atoms with Crippen LogP contribution in [0.3, 0.4) is 0 Å². The Balaban J connectivity index is 2.17. The maximum absolute atomic E-state index is 11.9. The number of carboxylic acid groups (broad SMARTS) is 1. The number of H-pyrrole nitrogens is 1. The van der Waals surface area contributed by atoms with Crippen LogP contribution in [0.5, 0.6) is 0 Å². The number of aromatic nitrogens is 2. The van der Waals surface area contributed by atoms with Crippen molar-refractivity contribution in [2.24, 2.45) is 0 Å². The minimum Gasteiger partial charge on any atom is -0.481 e. The van der Waals surface area contributed by atoms with Crippen molar-refractivity contribution in [1.29, 1.82) is 0 Å². The molecule has 0 unspecified atom stereocenters. The molecule has 0 saturated carbocycles. The molecule has 0 radical (unpaired) electrons. The van der Waals surface area contributed by atoms with Gasteiger partial charge in [0.1, 0.15) is 5.82 Å². The number of carboxylic acids is 1. The predicted molar refractivity (Wildman–Crippen MR) is 81.7 cm³/mol. The molecule has 1 heterocycles. The average Bonchev–Trinajstić information content (AvgIpc) is 2.42. The van der Waals surface area contributed by atoms with E-state index in [0.29, 0.717) is 17.3 Å². The first kappa shape index (κ1) is 15.3. The number of nitrogens with zero attached hydrogens (tertiary/aromatic N) is 1. The zero-order valence-electron chi connectivity index (χ0n) is 11.8. The van der Waals surface area contributed by atoms with Crippen LogP contribution < -0.4 is 5.56 Å². The van der Waals surface area contributed by atoms with Gasteiger partial charge in [0.2, 0.25) is 0 Å². The zero-order chi connectivity index (χ0) is 15.4. The van der Waals surface area contributed by atoms with Crippen LogP contribution in [0.2, 0.25) is 0 Å². The Morgan fingerprint density at radius 3 is 2.67 bits per heavy atom. The lowest BCUT2D eigenvalue weighted by Crippen LogP contribution is -2.21. The van der Waals surface area contributed by atoms with Crippen LogP contribution in [-0.2, 0) is 17.0 Å². The van der Waals surface area contributed by atoms with Gasteiger partial charge in [-0.3, -0.25) is 9.59 Å². The Bertz CT molecular complexity index is 725. The maximum atomic E-state index is 11.9. The fraction of sp³-hybridized carbons (Fsp3) is 0.267. The SMILES string of the molecule is Cc1ccccc1SCc1nc(C)c(CC(=O)O)c(=O)[nH]1.